The van der Waals surface area contributed by atoms with E-state index in [0.717, 1.165) is 5.69 Å². The molecule has 0 heterocycles. The van der Waals surface area contributed by atoms with Crippen molar-refractivity contribution < 1.29 is 9.53 Å². The van der Waals surface area contributed by atoms with Crippen molar-refractivity contribution in [3.63, 3.8) is 0 Å². The Bertz CT molecular complexity index is 628. The van der Waals surface area contributed by atoms with Crippen LogP contribution in [-0.2, 0) is 10.2 Å². The summed E-state index contributed by atoms with van der Waals surface area (Å²) < 4.78 is 5.40. The number of nitrogens with one attached hydrogen (secondary N) is 1. The Kier molecular flexibility index (Phi) is 5.09. The minimum absolute atomic E-state index is 0.0390. The molecule has 0 unspecified atom stereocenters. The van der Waals surface area contributed by atoms with Gasteiger partial charge in [0.05, 0.1) is 0 Å². The van der Waals surface area contributed by atoms with Crippen LogP contribution in [0.2, 0.25) is 5.02 Å². The number of hydrogen-bond acceptors (Lipinski definition) is 2. The second-order valence-electron chi connectivity index (χ2n) is 6.12. The molecule has 116 valence electrons. The number of benzene rings is 2. The molecule has 1 amide bonds. The molecule has 3 nitrogen and oxygen atoms in total. The monoisotopic (exact) mass is 317 g/mol. The van der Waals surface area contributed by atoms with Crippen molar-refractivity contribution in [1.82, 2.24) is 0 Å². The average Bonchev–Trinajstić information content (AvgIpc) is 2.46. The van der Waals surface area contributed by atoms with E-state index in [1.807, 2.05) is 24.3 Å². The van der Waals surface area contributed by atoms with Crippen LogP contribution in [0, 0.1) is 0 Å². The van der Waals surface area contributed by atoms with Crippen LogP contribution in [0.1, 0.15) is 26.3 Å². The third-order valence-electron chi connectivity index (χ3n) is 3.22. The molecular formula is C18H20ClNO2. The molecule has 0 saturated heterocycles. The summed E-state index contributed by atoms with van der Waals surface area (Å²) in [5, 5.41) is 3.45. The van der Waals surface area contributed by atoms with Gasteiger partial charge in [-0.2, -0.15) is 0 Å². The van der Waals surface area contributed by atoms with Crippen LogP contribution in [0.4, 0.5) is 5.69 Å². The minimum Gasteiger partial charge on any atom is -0.484 e. The van der Waals surface area contributed by atoms with Crippen LogP contribution in [0.25, 0.3) is 0 Å². The Morgan fingerprint density at radius 3 is 2.18 bits per heavy atom. The molecule has 0 aliphatic rings. The van der Waals surface area contributed by atoms with E-state index in [2.05, 4.69) is 26.1 Å². The standard InChI is InChI=1S/C18H20ClNO2/c1-18(2,3)13-4-8-15(9-5-13)20-17(21)12-22-16-10-6-14(19)7-11-16/h4-11H,12H2,1-3H3,(H,20,21). The lowest BCUT2D eigenvalue weighted by atomic mass is 9.87. The predicted octanol–water partition coefficient (Wildman–Crippen LogP) is 4.66. The molecule has 4 heteroatoms. The number of rotatable bonds is 4. The lowest BCUT2D eigenvalue weighted by Crippen LogP contribution is -2.20. The van der Waals surface area contributed by atoms with Crippen molar-refractivity contribution in [2.45, 2.75) is 26.2 Å². The molecule has 2 rings (SSSR count). The fraction of sp³-hybridized carbons (Fsp3) is 0.278. The number of hydrogen-bond donors (Lipinski definition) is 1. The second-order valence-corrected chi connectivity index (χ2v) is 6.55. The smallest absolute Gasteiger partial charge is 0.262 e. The summed E-state index contributed by atoms with van der Waals surface area (Å²) in [6.45, 7) is 6.42. The molecular weight excluding hydrogens is 298 g/mol. The van der Waals surface area contributed by atoms with Crippen molar-refractivity contribution in [1.29, 1.82) is 0 Å². The highest BCUT2D eigenvalue weighted by Gasteiger charge is 2.13. The summed E-state index contributed by atoms with van der Waals surface area (Å²) in [7, 11) is 0. The third kappa shape index (κ3) is 4.78. The number of ether oxygens (including phenoxy) is 1. The molecule has 0 aliphatic carbocycles. The SMILES string of the molecule is CC(C)(C)c1ccc(NC(=O)COc2ccc(Cl)cc2)cc1. The predicted molar refractivity (Wildman–Crippen MR) is 90.7 cm³/mol. The maximum absolute atomic E-state index is 11.9. The maximum Gasteiger partial charge on any atom is 0.262 e. The van der Waals surface area contributed by atoms with Gasteiger partial charge in [0.2, 0.25) is 0 Å². The van der Waals surface area contributed by atoms with E-state index in [4.69, 9.17) is 16.3 Å². The van der Waals surface area contributed by atoms with Gasteiger partial charge in [0.1, 0.15) is 5.75 Å². The molecule has 2 aromatic carbocycles. The van der Waals surface area contributed by atoms with Crippen LogP contribution in [0.5, 0.6) is 5.75 Å². The summed E-state index contributed by atoms with van der Waals surface area (Å²) in [5.74, 6) is 0.418. The van der Waals surface area contributed by atoms with E-state index in [-0.39, 0.29) is 17.9 Å². The van der Waals surface area contributed by atoms with Gasteiger partial charge in [-0.15, -0.1) is 0 Å². The first kappa shape index (κ1) is 16.4. The maximum atomic E-state index is 11.9. The molecule has 0 aromatic heterocycles. The fourth-order valence-corrected chi connectivity index (χ4v) is 2.06. The van der Waals surface area contributed by atoms with Gasteiger partial charge in [-0.1, -0.05) is 44.5 Å². The van der Waals surface area contributed by atoms with Crippen molar-refractivity contribution in [3.8, 4) is 5.75 Å². The molecule has 0 saturated carbocycles. The second kappa shape index (κ2) is 6.84. The van der Waals surface area contributed by atoms with E-state index < -0.39 is 0 Å². The lowest BCUT2D eigenvalue weighted by molar-refractivity contribution is -0.118. The highest BCUT2D eigenvalue weighted by atomic mass is 35.5. The Morgan fingerprint density at radius 1 is 1.05 bits per heavy atom. The Hall–Kier alpha value is -2.00. The third-order valence-corrected chi connectivity index (χ3v) is 3.47. The first-order chi connectivity index (χ1) is 10.3. The van der Waals surface area contributed by atoms with Crippen LogP contribution in [0.15, 0.2) is 48.5 Å². The summed E-state index contributed by atoms with van der Waals surface area (Å²) in [4.78, 5) is 11.9. The van der Waals surface area contributed by atoms with Gasteiger partial charge in [-0.3, -0.25) is 4.79 Å². The topological polar surface area (TPSA) is 38.3 Å². The Morgan fingerprint density at radius 2 is 1.64 bits per heavy atom. The molecule has 0 atom stereocenters. The molecule has 0 fully saturated rings. The van der Waals surface area contributed by atoms with Gasteiger partial charge >= 0.3 is 0 Å². The van der Waals surface area contributed by atoms with Gasteiger partial charge < -0.3 is 10.1 Å². The van der Waals surface area contributed by atoms with Gasteiger partial charge in [0.25, 0.3) is 5.91 Å². The molecule has 0 bridgehead atoms. The molecule has 0 radical (unpaired) electrons. The highest BCUT2D eigenvalue weighted by molar-refractivity contribution is 6.30. The molecule has 0 spiro atoms. The van der Waals surface area contributed by atoms with Gasteiger partial charge in [0.15, 0.2) is 6.61 Å². The molecule has 22 heavy (non-hydrogen) atoms. The van der Waals surface area contributed by atoms with E-state index in [0.29, 0.717) is 10.8 Å². The quantitative estimate of drug-likeness (QED) is 0.891. The number of anilines is 1. The van der Waals surface area contributed by atoms with E-state index in [1.54, 1.807) is 24.3 Å². The summed E-state index contributed by atoms with van der Waals surface area (Å²) in [6, 6.07) is 14.8. The zero-order valence-corrected chi connectivity index (χ0v) is 13.8. The molecule has 1 N–H and O–H groups in total. The minimum atomic E-state index is -0.196. The van der Waals surface area contributed by atoms with Crippen LogP contribution < -0.4 is 10.1 Å². The fourth-order valence-electron chi connectivity index (χ4n) is 1.93. The number of carbonyl (C=O) groups is 1. The number of halogens is 1. The summed E-state index contributed by atoms with van der Waals surface area (Å²) in [6.07, 6.45) is 0. The first-order valence-corrected chi connectivity index (χ1v) is 7.51. The van der Waals surface area contributed by atoms with E-state index >= 15 is 0 Å². The Balaban J connectivity index is 1.88. The number of carbonyl (C=O) groups excluding carboxylic acids is 1. The lowest BCUT2D eigenvalue weighted by Gasteiger charge is -2.19. The van der Waals surface area contributed by atoms with Crippen molar-refractivity contribution in [2.75, 3.05) is 11.9 Å². The van der Waals surface area contributed by atoms with Gasteiger partial charge in [-0.05, 0) is 47.4 Å². The van der Waals surface area contributed by atoms with Crippen molar-refractivity contribution in [3.05, 3.63) is 59.1 Å². The zero-order valence-electron chi connectivity index (χ0n) is 13.0. The van der Waals surface area contributed by atoms with Crippen LogP contribution in [0.3, 0.4) is 0 Å². The van der Waals surface area contributed by atoms with Crippen LogP contribution >= 0.6 is 11.6 Å². The highest BCUT2D eigenvalue weighted by Crippen LogP contribution is 2.23. The average molecular weight is 318 g/mol. The summed E-state index contributed by atoms with van der Waals surface area (Å²) in [5.41, 5.74) is 2.08. The zero-order chi connectivity index (χ0) is 16.2. The van der Waals surface area contributed by atoms with Gasteiger partial charge in [0, 0.05) is 10.7 Å². The van der Waals surface area contributed by atoms with Crippen molar-refractivity contribution >= 4 is 23.2 Å². The number of amides is 1. The summed E-state index contributed by atoms with van der Waals surface area (Å²) >= 11 is 5.79. The molecule has 2 aromatic rings. The largest absolute Gasteiger partial charge is 0.484 e. The first-order valence-electron chi connectivity index (χ1n) is 7.13. The van der Waals surface area contributed by atoms with Gasteiger partial charge in [-0.25, -0.2) is 0 Å². The van der Waals surface area contributed by atoms with E-state index in [9.17, 15) is 4.79 Å². The molecule has 0 aliphatic heterocycles. The Labute approximate surface area is 136 Å². The van der Waals surface area contributed by atoms with Crippen LogP contribution in [-0.4, -0.2) is 12.5 Å². The van der Waals surface area contributed by atoms with E-state index in [1.165, 1.54) is 5.56 Å². The van der Waals surface area contributed by atoms with Crippen molar-refractivity contribution in [2.24, 2.45) is 0 Å². The normalized spacial score (nSPS) is 11.1.